The van der Waals surface area contributed by atoms with Crippen LogP contribution in [-0.4, -0.2) is 49.4 Å². The Bertz CT molecular complexity index is 573. The van der Waals surface area contributed by atoms with E-state index in [1.165, 1.54) is 7.05 Å². The van der Waals surface area contributed by atoms with Crippen molar-refractivity contribution in [3.05, 3.63) is 24.3 Å². The van der Waals surface area contributed by atoms with E-state index in [2.05, 4.69) is 10.6 Å². The number of benzene rings is 1. The quantitative estimate of drug-likeness (QED) is 0.745. The average Bonchev–Trinajstić information content (AvgIpc) is 2.72. The standard InChI is InChI=1S/C14H17N3O4/c1-17-13(19)7-11(14(17)20)15-8-12(18)16-9-4-3-5-10(6-9)21-2/h3-6,11,15H,7-8H2,1-2H3,(H,16,18). The summed E-state index contributed by atoms with van der Waals surface area (Å²) in [6.07, 6.45) is 0.0851. The number of methoxy groups -OCH3 is 1. The molecular formula is C14H17N3O4. The lowest BCUT2D eigenvalue weighted by Gasteiger charge is -2.11. The predicted molar refractivity (Wildman–Crippen MR) is 75.8 cm³/mol. The molecule has 0 spiro atoms. The summed E-state index contributed by atoms with van der Waals surface area (Å²) in [6, 6.07) is 6.33. The van der Waals surface area contributed by atoms with Gasteiger partial charge in [-0.2, -0.15) is 0 Å². The largest absolute Gasteiger partial charge is 0.497 e. The van der Waals surface area contributed by atoms with Crippen molar-refractivity contribution in [2.75, 3.05) is 26.0 Å². The highest BCUT2D eigenvalue weighted by Crippen LogP contribution is 2.16. The number of carbonyl (C=O) groups excluding carboxylic acids is 3. The van der Waals surface area contributed by atoms with Gasteiger partial charge in [0.05, 0.1) is 26.1 Å². The molecule has 0 saturated carbocycles. The molecular weight excluding hydrogens is 274 g/mol. The first kappa shape index (κ1) is 15.0. The number of nitrogens with zero attached hydrogens (tertiary/aromatic N) is 1. The Labute approximate surface area is 122 Å². The zero-order valence-electron chi connectivity index (χ0n) is 11.9. The molecule has 1 saturated heterocycles. The minimum absolute atomic E-state index is 0.0469. The third kappa shape index (κ3) is 3.57. The summed E-state index contributed by atoms with van der Waals surface area (Å²) in [5, 5.41) is 5.47. The maximum Gasteiger partial charge on any atom is 0.246 e. The van der Waals surface area contributed by atoms with Gasteiger partial charge in [0, 0.05) is 18.8 Å². The van der Waals surface area contributed by atoms with Gasteiger partial charge in [0.25, 0.3) is 0 Å². The first-order valence-corrected chi connectivity index (χ1v) is 6.49. The van der Waals surface area contributed by atoms with Crippen LogP contribution in [0.1, 0.15) is 6.42 Å². The van der Waals surface area contributed by atoms with Crippen molar-refractivity contribution in [1.29, 1.82) is 0 Å². The maximum absolute atomic E-state index is 11.8. The molecule has 112 valence electrons. The SMILES string of the molecule is COc1cccc(NC(=O)CNC2CC(=O)N(C)C2=O)c1. The molecule has 1 aliphatic heterocycles. The van der Waals surface area contributed by atoms with Crippen molar-refractivity contribution >= 4 is 23.4 Å². The predicted octanol–water partition coefficient (Wildman–Crippen LogP) is -0.0194. The second kappa shape index (κ2) is 6.36. The number of ether oxygens (including phenoxy) is 1. The van der Waals surface area contributed by atoms with Gasteiger partial charge in [-0.3, -0.25) is 24.6 Å². The zero-order valence-corrected chi connectivity index (χ0v) is 11.9. The van der Waals surface area contributed by atoms with Gasteiger partial charge in [0.15, 0.2) is 0 Å². The van der Waals surface area contributed by atoms with Crippen LogP contribution in [0.2, 0.25) is 0 Å². The van der Waals surface area contributed by atoms with Gasteiger partial charge in [-0.05, 0) is 12.1 Å². The molecule has 3 amide bonds. The van der Waals surface area contributed by atoms with Gasteiger partial charge in [-0.15, -0.1) is 0 Å². The average molecular weight is 291 g/mol. The lowest BCUT2D eigenvalue weighted by molar-refractivity contribution is -0.137. The Kier molecular flexibility index (Phi) is 4.54. The van der Waals surface area contributed by atoms with E-state index in [9.17, 15) is 14.4 Å². The highest BCUT2D eigenvalue weighted by atomic mass is 16.5. The molecule has 0 aromatic heterocycles. The summed E-state index contributed by atoms with van der Waals surface area (Å²) in [6.45, 7) is -0.0469. The highest BCUT2D eigenvalue weighted by Gasteiger charge is 2.35. The summed E-state index contributed by atoms with van der Waals surface area (Å²) in [5.41, 5.74) is 0.604. The minimum Gasteiger partial charge on any atom is -0.497 e. The van der Waals surface area contributed by atoms with Gasteiger partial charge in [-0.1, -0.05) is 6.07 Å². The molecule has 0 bridgehead atoms. The van der Waals surface area contributed by atoms with Crippen LogP contribution in [0.25, 0.3) is 0 Å². The van der Waals surface area contributed by atoms with E-state index in [4.69, 9.17) is 4.74 Å². The van der Waals surface area contributed by atoms with E-state index in [1.54, 1.807) is 31.4 Å². The lowest BCUT2D eigenvalue weighted by atomic mass is 10.2. The van der Waals surface area contributed by atoms with Gasteiger partial charge in [0.2, 0.25) is 17.7 Å². The third-order valence-corrected chi connectivity index (χ3v) is 3.24. The molecule has 1 unspecified atom stereocenters. The Morgan fingerprint density at radius 2 is 2.19 bits per heavy atom. The number of nitrogens with one attached hydrogen (secondary N) is 2. The van der Waals surface area contributed by atoms with Crippen LogP contribution >= 0.6 is 0 Å². The first-order chi connectivity index (χ1) is 10.0. The Balaban J connectivity index is 1.85. The Morgan fingerprint density at radius 1 is 1.43 bits per heavy atom. The fourth-order valence-electron chi connectivity index (χ4n) is 2.04. The molecule has 7 nitrogen and oxygen atoms in total. The summed E-state index contributed by atoms with van der Waals surface area (Å²) in [5.74, 6) is -0.211. The molecule has 0 aliphatic carbocycles. The molecule has 1 fully saturated rings. The van der Waals surface area contributed by atoms with Crippen molar-refractivity contribution in [2.24, 2.45) is 0 Å². The van der Waals surface area contributed by atoms with Crippen molar-refractivity contribution in [2.45, 2.75) is 12.5 Å². The number of likely N-dealkylation sites (N-methyl/N-ethyl adjacent to an activating group) is 1. The number of imide groups is 1. The number of carbonyl (C=O) groups is 3. The molecule has 2 rings (SSSR count). The Hall–Kier alpha value is -2.41. The van der Waals surface area contributed by atoms with E-state index in [-0.39, 0.29) is 30.7 Å². The van der Waals surface area contributed by atoms with Crippen LogP contribution in [0.4, 0.5) is 5.69 Å². The minimum atomic E-state index is -0.626. The summed E-state index contributed by atoms with van der Waals surface area (Å²) >= 11 is 0. The molecule has 7 heteroatoms. The van der Waals surface area contributed by atoms with Crippen LogP contribution in [0, 0.1) is 0 Å². The van der Waals surface area contributed by atoms with Crippen LogP contribution in [-0.2, 0) is 14.4 Å². The molecule has 1 aromatic rings. The number of likely N-dealkylation sites (tertiary alicyclic amines) is 1. The normalized spacial score (nSPS) is 18.0. The van der Waals surface area contributed by atoms with Crippen LogP contribution in [0.3, 0.4) is 0 Å². The molecule has 0 radical (unpaired) electrons. The monoisotopic (exact) mass is 291 g/mol. The smallest absolute Gasteiger partial charge is 0.246 e. The van der Waals surface area contributed by atoms with Crippen molar-refractivity contribution in [3.8, 4) is 5.75 Å². The lowest BCUT2D eigenvalue weighted by Crippen LogP contribution is -2.41. The van der Waals surface area contributed by atoms with Gasteiger partial charge in [0.1, 0.15) is 5.75 Å². The van der Waals surface area contributed by atoms with E-state index in [1.807, 2.05) is 0 Å². The molecule has 1 aromatic carbocycles. The van der Waals surface area contributed by atoms with Crippen LogP contribution < -0.4 is 15.4 Å². The molecule has 2 N–H and O–H groups in total. The van der Waals surface area contributed by atoms with Crippen molar-refractivity contribution < 1.29 is 19.1 Å². The van der Waals surface area contributed by atoms with Crippen molar-refractivity contribution in [3.63, 3.8) is 0 Å². The third-order valence-electron chi connectivity index (χ3n) is 3.24. The second-order valence-corrected chi connectivity index (χ2v) is 4.71. The molecule has 1 heterocycles. The molecule has 1 atom stereocenters. The van der Waals surface area contributed by atoms with Gasteiger partial charge < -0.3 is 10.1 Å². The highest BCUT2D eigenvalue weighted by molar-refractivity contribution is 6.05. The number of hydrogen-bond acceptors (Lipinski definition) is 5. The summed E-state index contributed by atoms with van der Waals surface area (Å²) < 4.78 is 5.06. The number of hydrogen-bond donors (Lipinski definition) is 2. The van der Waals surface area contributed by atoms with Gasteiger partial charge >= 0.3 is 0 Å². The summed E-state index contributed by atoms with van der Waals surface area (Å²) in [7, 11) is 2.98. The van der Waals surface area contributed by atoms with E-state index in [0.717, 1.165) is 4.90 Å². The fraction of sp³-hybridized carbons (Fsp3) is 0.357. The van der Waals surface area contributed by atoms with Gasteiger partial charge in [-0.25, -0.2) is 0 Å². The maximum atomic E-state index is 11.8. The molecule has 21 heavy (non-hydrogen) atoms. The van der Waals surface area contributed by atoms with Crippen LogP contribution in [0.5, 0.6) is 5.75 Å². The van der Waals surface area contributed by atoms with Crippen LogP contribution in [0.15, 0.2) is 24.3 Å². The van der Waals surface area contributed by atoms with E-state index < -0.39 is 6.04 Å². The number of amides is 3. The fourth-order valence-corrected chi connectivity index (χ4v) is 2.04. The zero-order chi connectivity index (χ0) is 15.4. The topological polar surface area (TPSA) is 87.7 Å². The Morgan fingerprint density at radius 3 is 2.81 bits per heavy atom. The van der Waals surface area contributed by atoms with Crippen molar-refractivity contribution in [1.82, 2.24) is 10.2 Å². The molecule has 1 aliphatic rings. The second-order valence-electron chi connectivity index (χ2n) is 4.71. The first-order valence-electron chi connectivity index (χ1n) is 6.49. The van der Waals surface area contributed by atoms with E-state index in [0.29, 0.717) is 11.4 Å². The van der Waals surface area contributed by atoms with E-state index >= 15 is 0 Å². The number of anilines is 1. The number of rotatable bonds is 5. The summed E-state index contributed by atoms with van der Waals surface area (Å²) in [4.78, 5) is 35.9.